The van der Waals surface area contributed by atoms with Gasteiger partial charge in [-0.1, -0.05) is 0 Å². The third kappa shape index (κ3) is 2.25. The van der Waals surface area contributed by atoms with Gasteiger partial charge in [-0.15, -0.1) is 0 Å². The zero-order valence-electron chi connectivity index (χ0n) is 9.31. The normalized spacial score (nSPS) is 11.2. The van der Waals surface area contributed by atoms with Gasteiger partial charge in [0.15, 0.2) is 11.5 Å². The molecular weight excluding hydrogens is 212 g/mol. The van der Waals surface area contributed by atoms with E-state index in [2.05, 4.69) is 0 Å². The van der Waals surface area contributed by atoms with Crippen LogP contribution in [0.1, 0.15) is 29.8 Å². The number of phenols is 1. The molecule has 3 N–H and O–H groups in total. The highest BCUT2D eigenvalue weighted by molar-refractivity contribution is 5.92. The Morgan fingerprint density at radius 2 is 1.94 bits per heavy atom. The largest absolute Gasteiger partial charge is 0.504 e. The molecule has 0 fully saturated rings. The summed E-state index contributed by atoms with van der Waals surface area (Å²) in [7, 11) is 1.31. The minimum absolute atomic E-state index is 0.0250. The molecular formula is C11H14O5. The number of hydrogen-bond donors (Lipinski definition) is 3. The highest BCUT2D eigenvalue weighted by atomic mass is 16.5. The molecule has 0 aliphatic carbocycles. The Balaban J connectivity index is 3.46. The smallest absolute Gasteiger partial charge is 0.339 e. The van der Waals surface area contributed by atoms with Gasteiger partial charge >= 0.3 is 5.97 Å². The van der Waals surface area contributed by atoms with Crippen molar-refractivity contribution in [3.05, 3.63) is 23.3 Å². The van der Waals surface area contributed by atoms with Crippen molar-refractivity contribution in [1.82, 2.24) is 0 Å². The Kier molecular flexibility index (Phi) is 3.09. The third-order valence-corrected chi connectivity index (χ3v) is 2.23. The first-order valence-electron chi connectivity index (χ1n) is 4.64. The number of hydrogen-bond acceptors (Lipinski definition) is 4. The maximum absolute atomic E-state index is 10.9. The molecule has 16 heavy (non-hydrogen) atoms. The van der Waals surface area contributed by atoms with Crippen LogP contribution in [-0.2, 0) is 5.60 Å². The fourth-order valence-electron chi connectivity index (χ4n) is 1.28. The first-order chi connectivity index (χ1) is 7.27. The van der Waals surface area contributed by atoms with Crippen LogP contribution >= 0.6 is 0 Å². The van der Waals surface area contributed by atoms with Gasteiger partial charge in [0.25, 0.3) is 0 Å². The highest BCUT2D eigenvalue weighted by Gasteiger charge is 2.23. The Morgan fingerprint density at radius 3 is 2.31 bits per heavy atom. The number of carbonyl (C=O) groups is 1. The molecule has 1 rings (SSSR count). The first kappa shape index (κ1) is 12.3. The summed E-state index contributed by atoms with van der Waals surface area (Å²) in [5, 5.41) is 28.2. The molecule has 0 aliphatic rings. The number of aliphatic hydroxyl groups is 1. The summed E-state index contributed by atoms with van der Waals surface area (Å²) in [5.41, 5.74) is -1.14. The van der Waals surface area contributed by atoms with Crippen LogP contribution in [0.15, 0.2) is 12.1 Å². The van der Waals surface area contributed by atoms with E-state index in [4.69, 9.17) is 9.84 Å². The lowest BCUT2D eigenvalue weighted by atomic mass is 9.95. The monoisotopic (exact) mass is 226 g/mol. The number of methoxy groups -OCH3 is 1. The molecule has 0 spiro atoms. The zero-order chi connectivity index (χ0) is 12.5. The fraction of sp³-hybridized carbons (Fsp3) is 0.364. The van der Waals surface area contributed by atoms with Crippen molar-refractivity contribution in [2.45, 2.75) is 19.4 Å². The van der Waals surface area contributed by atoms with Crippen molar-refractivity contribution in [2.24, 2.45) is 0 Å². The van der Waals surface area contributed by atoms with E-state index >= 15 is 0 Å². The average molecular weight is 226 g/mol. The van der Waals surface area contributed by atoms with Crippen LogP contribution in [0.5, 0.6) is 11.5 Å². The molecule has 5 nitrogen and oxygen atoms in total. The van der Waals surface area contributed by atoms with E-state index in [-0.39, 0.29) is 11.3 Å². The quantitative estimate of drug-likeness (QED) is 0.723. The second-order valence-electron chi connectivity index (χ2n) is 3.94. The summed E-state index contributed by atoms with van der Waals surface area (Å²) in [6, 6.07) is 2.63. The molecule has 5 heteroatoms. The summed E-state index contributed by atoms with van der Waals surface area (Å²) in [4.78, 5) is 10.9. The van der Waals surface area contributed by atoms with E-state index < -0.39 is 17.3 Å². The van der Waals surface area contributed by atoms with Gasteiger partial charge in [-0.05, 0) is 31.5 Å². The summed E-state index contributed by atoms with van der Waals surface area (Å²) >= 11 is 0. The molecule has 0 saturated heterocycles. The number of carboxylic acid groups (broad SMARTS) is 1. The Bertz CT molecular complexity index is 417. The molecule has 0 radical (unpaired) electrons. The Morgan fingerprint density at radius 1 is 1.38 bits per heavy atom. The van der Waals surface area contributed by atoms with E-state index in [0.717, 1.165) is 0 Å². The van der Waals surface area contributed by atoms with Crippen molar-refractivity contribution in [1.29, 1.82) is 0 Å². The van der Waals surface area contributed by atoms with Crippen LogP contribution in [0.3, 0.4) is 0 Å². The Hall–Kier alpha value is -1.75. The SMILES string of the molecule is COc1cc(C(C)(C)O)cc(C(=O)O)c1O. The van der Waals surface area contributed by atoms with E-state index in [1.54, 1.807) is 0 Å². The van der Waals surface area contributed by atoms with E-state index in [1.165, 1.54) is 33.1 Å². The predicted octanol–water partition coefficient (Wildman–Crippen LogP) is 1.33. The number of carboxylic acids is 1. The number of aromatic hydroxyl groups is 1. The van der Waals surface area contributed by atoms with E-state index in [1.807, 2.05) is 0 Å². The molecule has 0 saturated carbocycles. The summed E-state index contributed by atoms with van der Waals surface area (Å²) in [6.07, 6.45) is 0. The second kappa shape index (κ2) is 4.02. The van der Waals surface area contributed by atoms with Gasteiger partial charge in [0.05, 0.1) is 12.7 Å². The van der Waals surface area contributed by atoms with E-state index in [0.29, 0.717) is 5.56 Å². The highest BCUT2D eigenvalue weighted by Crippen LogP contribution is 2.35. The van der Waals surface area contributed by atoms with Gasteiger partial charge < -0.3 is 20.1 Å². The zero-order valence-corrected chi connectivity index (χ0v) is 9.31. The van der Waals surface area contributed by atoms with Crippen LogP contribution in [0.2, 0.25) is 0 Å². The number of benzene rings is 1. The minimum atomic E-state index is -1.28. The lowest BCUT2D eigenvalue weighted by Gasteiger charge is -2.19. The van der Waals surface area contributed by atoms with Crippen molar-refractivity contribution in [2.75, 3.05) is 7.11 Å². The second-order valence-corrected chi connectivity index (χ2v) is 3.94. The topological polar surface area (TPSA) is 87.0 Å². The maximum Gasteiger partial charge on any atom is 0.339 e. The molecule has 0 amide bonds. The van der Waals surface area contributed by atoms with Gasteiger partial charge in [0, 0.05) is 0 Å². The molecule has 0 aliphatic heterocycles. The van der Waals surface area contributed by atoms with Gasteiger partial charge in [0.1, 0.15) is 5.56 Å². The lowest BCUT2D eigenvalue weighted by molar-refractivity contribution is 0.0688. The Labute approximate surface area is 92.9 Å². The van der Waals surface area contributed by atoms with Crippen molar-refractivity contribution < 1.29 is 24.9 Å². The molecule has 0 heterocycles. The van der Waals surface area contributed by atoms with E-state index in [9.17, 15) is 15.0 Å². The number of aromatic carboxylic acids is 1. The minimum Gasteiger partial charge on any atom is -0.504 e. The molecule has 0 unspecified atom stereocenters. The van der Waals surface area contributed by atoms with Gasteiger partial charge in [-0.25, -0.2) is 4.79 Å². The fourth-order valence-corrected chi connectivity index (χ4v) is 1.28. The molecule has 88 valence electrons. The number of ether oxygens (including phenoxy) is 1. The average Bonchev–Trinajstić information content (AvgIpc) is 2.15. The number of rotatable bonds is 3. The predicted molar refractivity (Wildman–Crippen MR) is 56.9 cm³/mol. The van der Waals surface area contributed by atoms with Crippen LogP contribution < -0.4 is 4.74 Å². The van der Waals surface area contributed by atoms with Crippen molar-refractivity contribution >= 4 is 5.97 Å². The molecule has 0 aromatic heterocycles. The lowest BCUT2D eigenvalue weighted by Crippen LogP contribution is -2.16. The summed E-state index contributed by atoms with van der Waals surface area (Å²) in [5.74, 6) is -1.69. The van der Waals surface area contributed by atoms with Gasteiger partial charge in [-0.3, -0.25) is 0 Å². The van der Waals surface area contributed by atoms with Crippen LogP contribution in [0.25, 0.3) is 0 Å². The summed E-state index contributed by atoms with van der Waals surface area (Å²) < 4.78 is 4.85. The van der Waals surface area contributed by atoms with Gasteiger partial charge in [0.2, 0.25) is 0 Å². The third-order valence-electron chi connectivity index (χ3n) is 2.23. The van der Waals surface area contributed by atoms with Crippen LogP contribution in [-0.4, -0.2) is 28.4 Å². The van der Waals surface area contributed by atoms with Crippen molar-refractivity contribution in [3.8, 4) is 11.5 Å². The molecule has 1 aromatic carbocycles. The van der Waals surface area contributed by atoms with Crippen LogP contribution in [0, 0.1) is 0 Å². The van der Waals surface area contributed by atoms with Crippen LogP contribution in [0.4, 0.5) is 0 Å². The molecule has 0 bridgehead atoms. The van der Waals surface area contributed by atoms with Crippen molar-refractivity contribution in [3.63, 3.8) is 0 Å². The summed E-state index contributed by atoms with van der Waals surface area (Å²) in [6.45, 7) is 3.04. The maximum atomic E-state index is 10.9. The molecule has 0 atom stereocenters. The van der Waals surface area contributed by atoms with Gasteiger partial charge in [-0.2, -0.15) is 0 Å². The molecule has 1 aromatic rings. The first-order valence-corrected chi connectivity index (χ1v) is 4.64. The standard InChI is InChI=1S/C11H14O5/c1-11(2,15)6-4-7(10(13)14)9(12)8(5-6)16-3/h4-5,12,15H,1-3H3,(H,13,14).